The van der Waals surface area contributed by atoms with E-state index in [4.69, 9.17) is 4.74 Å². The Labute approximate surface area is 185 Å². The third-order valence-corrected chi connectivity index (χ3v) is 5.16. The predicted molar refractivity (Wildman–Crippen MR) is 122 cm³/mol. The number of carbonyl (C=O) groups is 1. The molecule has 2 N–H and O–H groups in total. The summed E-state index contributed by atoms with van der Waals surface area (Å²) in [6.45, 7) is 2.11. The van der Waals surface area contributed by atoms with Crippen LogP contribution in [0, 0.1) is 6.92 Å². The highest BCUT2D eigenvalue weighted by molar-refractivity contribution is 5.88. The van der Waals surface area contributed by atoms with Gasteiger partial charge in [0.1, 0.15) is 12.4 Å². The number of benzene rings is 3. The molecule has 0 saturated carbocycles. The van der Waals surface area contributed by atoms with Crippen LogP contribution in [0.2, 0.25) is 0 Å². The molecular formula is C26H22N2O4. The van der Waals surface area contributed by atoms with Crippen LogP contribution in [0.25, 0.3) is 11.1 Å². The van der Waals surface area contributed by atoms with Gasteiger partial charge in [-0.1, -0.05) is 78.9 Å². The summed E-state index contributed by atoms with van der Waals surface area (Å²) in [5.74, 6) is -1.34. The molecule has 0 bridgehead atoms. The Hall–Kier alpha value is -4.19. The molecule has 0 unspecified atom stereocenters. The highest BCUT2D eigenvalue weighted by Gasteiger charge is 2.20. The van der Waals surface area contributed by atoms with E-state index in [1.54, 1.807) is 0 Å². The standard InChI is InChI=1S/C26H22N2O4/c1-17-9-5-7-13-20(17)21-14-8-6-12-19(21)15-22-27-23(26(30)31)24(25(29)28-22)32-16-18-10-3-2-4-11-18/h2-14H,15-16H2,1H3,(H,30,31)(H,27,28,29). The van der Waals surface area contributed by atoms with E-state index in [-0.39, 0.29) is 24.6 Å². The van der Waals surface area contributed by atoms with Crippen molar-refractivity contribution >= 4 is 5.97 Å². The number of nitrogens with one attached hydrogen (secondary N) is 1. The molecule has 0 atom stereocenters. The zero-order valence-electron chi connectivity index (χ0n) is 17.5. The lowest BCUT2D eigenvalue weighted by molar-refractivity contribution is 0.0683. The fourth-order valence-electron chi connectivity index (χ4n) is 3.59. The molecule has 1 aromatic heterocycles. The van der Waals surface area contributed by atoms with Gasteiger partial charge in [0.2, 0.25) is 5.75 Å². The summed E-state index contributed by atoms with van der Waals surface area (Å²) < 4.78 is 5.54. The molecule has 0 aliphatic heterocycles. The van der Waals surface area contributed by atoms with Gasteiger partial charge in [0.05, 0.1) is 0 Å². The Bertz CT molecular complexity index is 1310. The maximum atomic E-state index is 12.7. The van der Waals surface area contributed by atoms with Gasteiger partial charge in [0, 0.05) is 6.42 Å². The molecule has 3 aromatic carbocycles. The molecule has 6 heteroatoms. The molecule has 0 fully saturated rings. The van der Waals surface area contributed by atoms with Gasteiger partial charge in [-0.3, -0.25) is 4.79 Å². The van der Waals surface area contributed by atoms with Crippen molar-refractivity contribution in [1.29, 1.82) is 0 Å². The number of aryl methyl sites for hydroxylation is 1. The summed E-state index contributed by atoms with van der Waals surface area (Å²) >= 11 is 0. The van der Waals surface area contributed by atoms with Crippen LogP contribution >= 0.6 is 0 Å². The zero-order valence-corrected chi connectivity index (χ0v) is 17.5. The molecular weight excluding hydrogens is 404 g/mol. The largest absolute Gasteiger partial charge is 0.481 e. The Balaban J connectivity index is 1.67. The van der Waals surface area contributed by atoms with E-state index in [0.717, 1.165) is 27.8 Å². The van der Waals surface area contributed by atoms with Crippen molar-refractivity contribution in [1.82, 2.24) is 9.97 Å². The van der Waals surface area contributed by atoms with Crippen LogP contribution in [0.3, 0.4) is 0 Å². The number of H-pyrrole nitrogens is 1. The van der Waals surface area contributed by atoms with E-state index in [9.17, 15) is 14.7 Å². The summed E-state index contributed by atoms with van der Waals surface area (Å²) in [5.41, 5.74) is 3.95. The van der Waals surface area contributed by atoms with Crippen LogP contribution in [0.5, 0.6) is 5.75 Å². The third-order valence-electron chi connectivity index (χ3n) is 5.16. The molecule has 0 aliphatic carbocycles. The SMILES string of the molecule is Cc1ccccc1-c1ccccc1Cc1nc(C(=O)O)c(OCc2ccccc2)c(=O)[nH]1. The van der Waals surface area contributed by atoms with E-state index in [1.165, 1.54) is 0 Å². The molecule has 160 valence electrons. The minimum Gasteiger partial charge on any atom is -0.481 e. The van der Waals surface area contributed by atoms with Gasteiger partial charge < -0.3 is 14.8 Å². The minimum absolute atomic E-state index is 0.0708. The van der Waals surface area contributed by atoms with Crippen molar-refractivity contribution in [2.24, 2.45) is 0 Å². The first-order chi connectivity index (χ1) is 15.5. The molecule has 32 heavy (non-hydrogen) atoms. The first-order valence-electron chi connectivity index (χ1n) is 10.2. The van der Waals surface area contributed by atoms with E-state index >= 15 is 0 Å². The lowest BCUT2D eigenvalue weighted by Crippen LogP contribution is -2.21. The van der Waals surface area contributed by atoms with Crippen molar-refractivity contribution in [3.63, 3.8) is 0 Å². The van der Waals surface area contributed by atoms with Crippen LogP contribution in [0.1, 0.15) is 33.0 Å². The van der Waals surface area contributed by atoms with Crippen LogP contribution in [-0.4, -0.2) is 21.0 Å². The van der Waals surface area contributed by atoms with Crippen molar-refractivity contribution < 1.29 is 14.6 Å². The van der Waals surface area contributed by atoms with Gasteiger partial charge in [-0.05, 0) is 34.7 Å². The average Bonchev–Trinajstić information content (AvgIpc) is 2.79. The molecule has 0 spiro atoms. The number of carboxylic acid groups (broad SMARTS) is 1. The van der Waals surface area contributed by atoms with Gasteiger partial charge in [0.15, 0.2) is 5.69 Å². The number of aromatic carboxylic acids is 1. The van der Waals surface area contributed by atoms with Crippen LogP contribution in [0.15, 0.2) is 83.7 Å². The zero-order chi connectivity index (χ0) is 22.5. The number of ether oxygens (including phenoxy) is 1. The number of hydrogen-bond donors (Lipinski definition) is 2. The van der Waals surface area contributed by atoms with Crippen LogP contribution < -0.4 is 10.3 Å². The third kappa shape index (κ3) is 4.59. The molecule has 0 amide bonds. The van der Waals surface area contributed by atoms with Crippen molar-refractivity contribution in [2.75, 3.05) is 0 Å². The van der Waals surface area contributed by atoms with Gasteiger partial charge in [-0.15, -0.1) is 0 Å². The molecule has 0 radical (unpaired) electrons. The molecule has 0 saturated heterocycles. The summed E-state index contributed by atoms with van der Waals surface area (Å²) in [6, 6.07) is 25.0. The Morgan fingerprint density at radius 1 is 0.938 bits per heavy atom. The predicted octanol–water partition coefficient (Wildman–Crippen LogP) is 4.61. The molecule has 4 aromatic rings. The number of aromatic nitrogens is 2. The second-order valence-corrected chi connectivity index (χ2v) is 7.42. The maximum absolute atomic E-state index is 12.7. The fourth-order valence-corrected chi connectivity index (χ4v) is 3.59. The molecule has 6 nitrogen and oxygen atoms in total. The Kier molecular flexibility index (Phi) is 6.12. The topological polar surface area (TPSA) is 92.3 Å². The second-order valence-electron chi connectivity index (χ2n) is 7.42. The summed E-state index contributed by atoms with van der Waals surface area (Å²) in [7, 11) is 0. The number of carboxylic acids is 1. The first kappa shape index (κ1) is 21.1. The second kappa shape index (κ2) is 9.31. The summed E-state index contributed by atoms with van der Waals surface area (Å²) in [4.78, 5) is 31.4. The number of rotatable bonds is 7. The lowest BCUT2D eigenvalue weighted by Gasteiger charge is -2.13. The van der Waals surface area contributed by atoms with E-state index in [2.05, 4.69) is 9.97 Å². The van der Waals surface area contributed by atoms with Crippen LogP contribution in [-0.2, 0) is 13.0 Å². The quantitative estimate of drug-likeness (QED) is 0.450. The smallest absolute Gasteiger partial charge is 0.358 e. The maximum Gasteiger partial charge on any atom is 0.358 e. The number of aromatic amines is 1. The monoisotopic (exact) mass is 426 g/mol. The van der Waals surface area contributed by atoms with Crippen molar-refractivity contribution in [2.45, 2.75) is 20.0 Å². The van der Waals surface area contributed by atoms with E-state index in [0.29, 0.717) is 0 Å². The molecule has 4 rings (SSSR count). The Morgan fingerprint density at radius 3 is 2.31 bits per heavy atom. The highest BCUT2D eigenvalue weighted by atomic mass is 16.5. The molecule has 1 heterocycles. The fraction of sp³-hybridized carbons (Fsp3) is 0.115. The normalized spacial score (nSPS) is 10.7. The minimum atomic E-state index is -1.31. The van der Waals surface area contributed by atoms with Gasteiger partial charge in [-0.2, -0.15) is 0 Å². The van der Waals surface area contributed by atoms with Crippen molar-refractivity contribution in [3.05, 3.63) is 117 Å². The summed E-state index contributed by atoms with van der Waals surface area (Å²) in [5, 5.41) is 9.65. The van der Waals surface area contributed by atoms with E-state index < -0.39 is 17.2 Å². The Morgan fingerprint density at radius 2 is 1.59 bits per heavy atom. The van der Waals surface area contributed by atoms with Crippen molar-refractivity contribution in [3.8, 4) is 16.9 Å². The average molecular weight is 426 g/mol. The summed E-state index contributed by atoms with van der Waals surface area (Å²) in [6.07, 6.45) is 0.277. The highest BCUT2D eigenvalue weighted by Crippen LogP contribution is 2.28. The van der Waals surface area contributed by atoms with E-state index in [1.807, 2.05) is 85.8 Å². The van der Waals surface area contributed by atoms with Crippen LogP contribution in [0.4, 0.5) is 0 Å². The number of nitrogens with zero attached hydrogens (tertiary/aromatic N) is 1. The van der Waals surface area contributed by atoms with Gasteiger partial charge >= 0.3 is 5.97 Å². The first-order valence-corrected chi connectivity index (χ1v) is 10.2. The molecule has 0 aliphatic rings. The lowest BCUT2D eigenvalue weighted by atomic mass is 9.94. The number of hydrogen-bond acceptors (Lipinski definition) is 4. The van der Waals surface area contributed by atoms with Gasteiger partial charge in [0.25, 0.3) is 5.56 Å². The van der Waals surface area contributed by atoms with Gasteiger partial charge in [-0.25, -0.2) is 9.78 Å².